The van der Waals surface area contributed by atoms with Crippen molar-refractivity contribution >= 4 is 29.7 Å². The Hall–Kier alpha value is -4.39. The van der Waals surface area contributed by atoms with Gasteiger partial charge in [0.05, 0.1) is 18.6 Å². The topological polar surface area (TPSA) is 167 Å². The first kappa shape index (κ1) is 35.1. The summed E-state index contributed by atoms with van der Waals surface area (Å²) in [6.07, 6.45) is 4.38. The minimum absolute atomic E-state index is 0.195. The molecule has 0 spiro atoms. The van der Waals surface area contributed by atoms with Gasteiger partial charge in [-0.15, -0.1) is 0 Å². The summed E-state index contributed by atoms with van der Waals surface area (Å²) in [6, 6.07) is 4.80. The van der Waals surface area contributed by atoms with E-state index in [0.717, 1.165) is 0 Å². The molecule has 1 aliphatic rings. The van der Waals surface area contributed by atoms with E-state index >= 15 is 0 Å². The molecular formula is C32H42FN5O7. The summed E-state index contributed by atoms with van der Waals surface area (Å²) < 4.78 is 18.6. The van der Waals surface area contributed by atoms with Crippen molar-refractivity contribution in [2.45, 2.75) is 83.5 Å². The van der Waals surface area contributed by atoms with Crippen LogP contribution in [0.5, 0.6) is 0 Å². The van der Waals surface area contributed by atoms with E-state index in [-0.39, 0.29) is 37.2 Å². The van der Waals surface area contributed by atoms with Crippen LogP contribution in [-0.4, -0.2) is 82.0 Å². The predicted octanol–water partition coefficient (Wildman–Crippen LogP) is 3.36. The van der Waals surface area contributed by atoms with Crippen molar-refractivity contribution in [3.05, 3.63) is 65.2 Å². The molecule has 13 heteroatoms. The molecule has 1 aliphatic heterocycles. The molecule has 3 rings (SSSR count). The van der Waals surface area contributed by atoms with Crippen molar-refractivity contribution in [2.75, 3.05) is 19.6 Å². The minimum Gasteiger partial charge on any atom is -0.465 e. The molecule has 2 aromatic rings. The molecule has 0 saturated carbocycles. The van der Waals surface area contributed by atoms with Gasteiger partial charge in [0, 0.05) is 36.6 Å². The first-order valence-corrected chi connectivity index (χ1v) is 15.0. The predicted molar refractivity (Wildman–Crippen MR) is 163 cm³/mol. The van der Waals surface area contributed by atoms with Gasteiger partial charge in [-0.25, -0.2) is 9.18 Å². The van der Waals surface area contributed by atoms with Crippen LogP contribution in [0.4, 0.5) is 9.18 Å². The number of benzene rings is 1. The summed E-state index contributed by atoms with van der Waals surface area (Å²) in [7, 11) is 0. The summed E-state index contributed by atoms with van der Waals surface area (Å²) in [5.41, 5.74) is 0.604. The fourth-order valence-electron chi connectivity index (χ4n) is 5.04. The van der Waals surface area contributed by atoms with Crippen LogP contribution >= 0.6 is 0 Å². The Labute approximate surface area is 262 Å². The Morgan fingerprint density at radius 1 is 1.09 bits per heavy atom. The van der Waals surface area contributed by atoms with Crippen LogP contribution in [0.1, 0.15) is 87.3 Å². The van der Waals surface area contributed by atoms with Crippen LogP contribution < -0.4 is 16.0 Å². The molecule has 0 radical (unpaired) electrons. The van der Waals surface area contributed by atoms with Gasteiger partial charge in [-0.3, -0.25) is 29.5 Å². The molecule has 244 valence electrons. The highest BCUT2D eigenvalue weighted by Crippen LogP contribution is 2.33. The molecule has 4 N–H and O–H groups in total. The van der Waals surface area contributed by atoms with Gasteiger partial charge >= 0.3 is 12.1 Å². The molecule has 3 atom stereocenters. The summed E-state index contributed by atoms with van der Waals surface area (Å²) >= 11 is 0. The highest BCUT2D eigenvalue weighted by atomic mass is 19.1. The number of rotatable bonds is 14. The number of hydrogen-bond acceptors (Lipinski definition) is 8. The number of esters is 1. The van der Waals surface area contributed by atoms with Crippen LogP contribution in [0.3, 0.4) is 0 Å². The zero-order valence-corrected chi connectivity index (χ0v) is 26.1. The maximum atomic E-state index is 13.9. The number of aromatic nitrogens is 1. The van der Waals surface area contributed by atoms with E-state index < -0.39 is 41.5 Å². The smallest absolute Gasteiger partial charge is 0.404 e. The van der Waals surface area contributed by atoms with Gasteiger partial charge in [0.25, 0.3) is 0 Å². The highest BCUT2D eigenvalue weighted by molar-refractivity contribution is 6.08. The van der Waals surface area contributed by atoms with E-state index in [1.165, 1.54) is 30.5 Å². The van der Waals surface area contributed by atoms with Crippen molar-refractivity contribution in [1.29, 1.82) is 0 Å². The van der Waals surface area contributed by atoms with Crippen molar-refractivity contribution in [1.82, 2.24) is 25.8 Å². The van der Waals surface area contributed by atoms with Crippen molar-refractivity contribution in [2.24, 2.45) is 0 Å². The SMILES string of the molecule is C[C@H](NCC(=O)OC(C)(C)C)C(=O)N[C@@H](CCCCNC(=O)O)C(=O)N1CCC[C@H]1c1cncc(C(=O)c2ccc(F)cc2)c1. The third-order valence-electron chi connectivity index (χ3n) is 7.22. The number of halogens is 1. The summed E-state index contributed by atoms with van der Waals surface area (Å²) in [5.74, 6) is -2.09. The normalized spacial score (nSPS) is 16.0. The number of nitrogens with one attached hydrogen (secondary N) is 3. The fourth-order valence-corrected chi connectivity index (χ4v) is 5.04. The number of ether oxygens (including phenoxy) is 1. The minimum atomic E-state index is -1.14. The Bertz CT molecular complexity index is 1360. The molecule has 1 aromatic heterocycles. The first-order valence-electron chi connectivity index (χ1n) is 15.0. The molecule has 3 amide bonds. The molecule has 0 bridgehead atoms. The molecule has 2 heterocycles. The van der Waals surface area contributed by atoms with Crippen LogP contribution in [0.2, 0.25) is 0 Å². The summed E-state index contributed by atoms with van der Waals surface area (Å²) in [6.45, 7) is 7.23. The first-order chi connectivity index (χ1) is 21.2. The zero-order chi connectivity index (χ0) is 33.1. The van der Waals surface area contributed by atoms with Gasteiger partial charge in [0.2, 0.25) is 11.8 Å². The molecule has 1 fully saturated rings. The number of carbonyl (C=O) groups excluding carboxylic acids is 4. The lowest BCUT2D eigenvalue weighted by atomic mass is 9.99. The van der Waals surface area contributed by atoms with Crippen LogP contribution in [0, 0.1) is 5.82 Å². The number of nitrogens with zero attached hydrogens (tertiary/aromatic N) is 2. The van der Waals surface area contributed by atoms with E-state index in [1.54, 1.807) is 44.9 Å². The lowest BCUT2D eigenvalue weighted by Gasteiger charge is -2.30. The standard InChI is InChI=1S/C32H42FN5O7/c1-20(36-19-27(39)45-32(2,3)4)29(41)37-25(8-5-6-14-35-31(43)44)30(42)38-15-7-9-26(38)22-16-23(18-34-17-22)28(40)21-10-12-24(33)13-11-21/h10-13,16-18,20,25-26,35-36H,5-9,14-15,19H2,1-4H3,(H,37,41)(H,43,44)/t20-,25-,26-/m0/s1. The maximum absolute atomic E-state index is 13.9. The molecule has 0 aliphatic carbocycles. The van der Waals surface area contributed by atoms with Crippen molar-refractivity contribution in [3.8, 4) is 0 Å². The number of amides is 3. The average molecular weight is 628 g/mol. The number of likely N-dealkylation sites (tertiary alicyclic amines) is 1. The number of carboxylic acid groups (broad SMARTS) is 1. The van der Waals surface area contributed by atoms with Gasteiger partial charge < -0.3 is 25.4 Å². The van der Waals surface area contributed by atoms with Crippen LogP contribution in [-0.2, 0) is 19.1 Å². The monoisotopic (exact) mass is 627 g/mol. The zero-order valence-electron chi connectivity index (χ0n) is 26.1. The van der Waals surface area contributed by atoms with Gasteiger partial charge in [-0.1, -0.05) is 0 Å². The van der Waals surface area contributed by atoms with Crippen LogP contribution in [0.25, 0.3) is 0 Å². The highest BCUT2D eigenvalue weighted by Gasteiger charge is 2.35. The lowest BCUT2D eigenvalue weighted by Crippen LogP contribution is -2.53. The Morgan fingerprint density at radius 3 is 2.47 bits per heavy atom. The van der Waals surface area contributed by atoms with E-state index in [1.807, 2.05) is 0 Å². The third kappa shape index (κ3) is 10.9. The lowest BCUT2D eigenvalue weighted by molar-refractivity contribution is -0.153. The largest absolute Gasteiger partial charge is 0.465 e. The quantitative estimate of drug-likeness (QED) is 0.140. The maximum Gasteiger partial charge on any atom is 0.404 e. The number of unbranched alkanes of at least 4 members (excludes halogenated alkanes) is 1. The second-order valence-corrected chi connectivity index (χ2v) is 12.0. The van der Waals surface area contributed by atoms with E-state index in [9.17, 15) is 28.4 Å². The molecule has 1 aromatic carbocycles. The fraction of sp³-hybridized carbons (Fsp3) is 0.500. The average Bonchev–Trinajstić information content (AvgIpc) is 3.48. The Morgan fingerprint density at radius 2 is 1.80 bits per heavy atom. The van der Waals surface area contributed by atoms with Crippen molar-refractivity contribution < 1.29 is 38.2 Å². The molecule has 1 saturated heterocycles. The number of pyridine rings is 1. The van der Waals surface area contributed by atoms with Gasteiger partial charge in [-0.2, -0.15) is 0 Å². The number of ketones is 1. The second-order valence-electron chi connectivity index (χ2n) is 12.0. The van der Waals surface area contributed by atoms with E-state index in [4.69, 9.17) is 9.84 Å². The Balaban J connectivity index is 1.73. The summed E-state index contributed by atoms with van der Waals surface area (Å²) in [5, 5.41) is 16.8. The van der Waals surface area contributed by atoms with Gasteiger partial charge in [0.15, 0.2) is 5.78 Å². The summed E-state index contributed by atoms with van der Waals surface area (Å²) in [4.78, 5) is 68.9. The Kier molecular flexibility index (Phi) is 12.5. The number of carbonyl (C=O) groups is 5. The molecular weight excluding hydrogens is 585 g/mol. The molecule has 12 nitrogen and oxygen atoms in total. The van der Waals surface area contributed by atoms with E-state index in [0.29, 0.717) is 48.9 Å². The third-order valence-corrected chi connectivity index (χ3v) is 7.22. The van der Waals surface area contributed by atoms with Gasteiger partial charge in [-0.05, 0) is 95.7 Å². The van der Waals surface area contributed by atoms with Gasteiger partial charge in [0.1, 0.15) is 17.5 Å². The van der Waals surface area contributed by atoms with E-state index in [2.05, 4.69) is 20.9 Å². The second kappa shape index (κ2) is 16.1. The molecule has 45 heavy (non-hydrogen) atoms. The van der Waals surface area contributed by atoms with Crippen LogP contribution in [0.15, 0.2) is 42.7 Å². The molecule has 0 unspecified atom stereocenters. The number of hydrogen-bond donors (Lipinski definition) is 4. The van der Waals surface area contributed by atoms with Crippen molar-refractivity contribution in [3.63, 3.8) is 0 Å².